The third-order valence-corrected chi connectivity index (χ3v) is 4.19. The first-order valence-corrected chi connectivity index (χ1v) is 6.41. The normalized spacial score (nSPS) is 30.4. The van der Waals surface area contributed by atoms with E-state index in [2.05, 4.69) is 4.90 Å². The average molecular weight is 263 g/mol. The smallest absolute Gasteiger partial charge is 0.313 e. The van der Waals surface area contributed by atoms with Crippen LogP contribution in [0.2, 0.25) is 0 Å². The Balaban J connectivity index is 1.74. The van der Waals surface area contributed by atoms with Crippen molar-refractivity contribution in [2.45, 2.75) is 6.54 Å². The van der Waals surface area contributed by atoms with Gasteiger partial charge in [0.25, 0.3) is 0 Å². The monoisotopic (exact) mass is 263 g/mol. The number of fused-ring (bicyclic) bond motifs is 1. The van der Waals surface area contributed by atoms with Gasteiger partial charge in [-0.1, -0.05) is 12.1 Å². The number of benzene rings is 1. The number of hydrogen-bond acceptors (Lipinski definition) is 4. The van der Waals surface area contributed by atoms with Crippen LogP contribution >= 0.6 is 0 Å². The van der Waals surface area contributed by atoms with Crippen LogP contribution in [-0.4, -0.2) is 47.4 Å². The number of likely N-dealkylation sites (tertiary alicyclic amines) is 1. The van der Waals surface area contributed by atoms with E-state index in [1.807, 2.05) is 6.07 Å². The highest BCUT2D eigenvalue weighted by molar-refractivity contribution is 5.76. The molecule has 19 heavy (non-hydrogen) atoms. The van der Waals surface area contributed by atoms with Gasteiger partial charge >= 0.3 is 5.97 Å². The zero-order chi connectivity index (χ0) is 13.5. The first kappa shape index (κ1) is 12.4. The minimum absolute atomic E-state index is 0.0716. The van der Waals surface area contributed by atoms with E-state index in [9.17, 15) is 15.0 Å². The molecule has 0 saturated carbocycles. The van der Waals surface area contributed by atoms with Crippen molar-refractivity contribution in [2.24, 2.45) is 11.3 Å². The molecule has 5 heteroatoms. The molecule has 1 aromatic rings. The van der Waals surface area contributed by atoms with Crippen molar-refractivity contribution in [3.8, 4) is 5.75 Å². The standard InChI is InChI=1S/C14H17NO4/c16-12-3-1-2-10(4-12)5-15-6-11-7-19-9-14(11,8-15)13(17)18/h1-4,11,16H,5-9H2,(H,17,18)/t11-,14-/m1/s1. The molecule has 0 amide bonds. The van der Waals surface area contributed by atoms with Crippen LogP contribution in [0.3, 0.4) is 0 Å². The van der Waals surface area contributed by atoms with Crippen molar-refractivity contribution in [2.75, 3.05) is 26.3 Å². The number of carbonyl (C=O) groups is 1. The summed E-state index contributed by atoms with van der Waals surface area (Å²) in [5.41, 5.74) is 0.262. The maximum absolute atomic E-state index is 11.5. The van der Waals surface area contributed by atoms with Gasteiger partial charge in [-0.25, -0.2) is 0 Å². The van der Waals surface area contributed by atoms with E-state index in [-0.39, 0.29) is 11.7 Å². The molecule has 5 nitrogen and oxygen atoms in total. The minimum atomic E-state index is -0.756. The minimum Gasteiger partial charge on any atom is -0.508 e. The summed E-state index contributed by atoms with van der Waals surface area (Å²) >= 11 is 0. The quantitative estimate of drug-likeness (QED) is 0.849. The molecule has 2 N–H and O–H groups in total. The number of aliphatic carboxylic acids is 1. The van der Waals surface area contributed by atoms with Crippen LogP contribution in [-0.2, 0) is 16.1 Å². The second-order valence-electron chi connectivity index (χ2n) is 5.51. The molecule has 1 aromatic carbocycles. The predicted molar refractivity (Wildman–Crippen MR) is 67.8 cm³/mol. The molecule has 0 unspecified atom stereocenters. The molecule has 2 saturated heterocycles. The lowest BCUT2D eigenvalue weighted by atomic mass is 9.81. The molecule has 2 aliphatic heterocycles. The molecule has 2 atom stereocenters. The Bertz CT molecular complexity index is 504. The van der Waals surface area contributed by atoms with Crippen LogP contribution in [0.5, 0.6) is 5.75 Å². The number of carboxylic acid groups (broad SMARTS) is 1. The highest BCUT2D eigenvalue weighted by Crippen LogP contribution is 2.42. The van der Waals surface area contributed by atoms with Gasteiger partial charge in [-0.05, 0) is 17.7 Å². The number of hydrogen-bond donors (Lipinski definition) is 2. The van der Waals surface area contributed by atoms with Gasteiger partial charge in [-0.15, -0.1) is 0 Å². The van der Waals surface area contributed by atoms with Gasteiger partial charge in [0, 0.05) is 25.6 Å². The van der Waals surface area contributed by atoms with E-state index in [1.54, 1.807) is 18.2 Å². The van der Waals surface area contributed by atoms with Gasteiger partial charge in [0.15, 0.2) is 0 Å². The predicted octanol–water partition coefficient (Wildman–Crippen LogP) is 0.925. The van der Waals surface area contributed by atoms with Gasteiger partial charge in [0.05, 0.1) is 13.2 Å². The second-order valence-corrected chi connectivity index (χ2v) is 5.51. The molecule has 0 aliphatic carbocycles. The van der Waals surface area contributed by atoms with Crippen molar-refractivity contribution in [1.82, 2.24) is 4.90 Å². The maximum Gasteiger partial charge on any atom is 0.313 e. The SMILES string of the molecule is O=C(O)[C@]12COC[C@H]1CN(Cc1cccc(O)c1)C2. The van der Waals surface area contributed by atoms with E-state index in [0.29, 0.717) is 26.3 Å². The largest absolute Gasteiger partial charge is 0.508 e. The van der Waals surface area contributed by atoms with Crippen LogP contribution in [0.15, 0.2) is 24.3 Å². The Labute approximate surface area is 111 Å². The summed E-state index contributed by atoms with van der Waals surface area (Å²) in [7, 11) is 0. The summed E-state index contributed by atoms with van der Waals surface area (Å²) in [6, 6.07) is 7.10. The summed E-state index contributed by atoms with van der Waals surface area (Å²) in [6.45, 7) is 2.76. The number of phenolic OH excluding ortho intramolecular Hbond substituents is 1. The van der Waals surface area contributed by atoms with Crippen molar-refractivity contribution in [3.63, 3.8) is 0 Å². The number of nitrogens with zero attached hydrogens (tertiary/aromatic N) is 1. The van der Waals surface area contributed by atoms with Crippen molar-refractivity contribution >= 4 is 5.97 Å². The summed E-state index contributed by atoms with van der Waals surface area (Å²) < 4.78 is 5.35. The summed E-state index contributed by atoms with van der Waals surface area (Å²) in [5, 5.41) is 18.9. The lowest BCUT2D eigenvalue weighted by Gasteiger charge is -2.22. The molecule has 102 valence electrons. The molecule has 2 aliphatic rings. The van der Waals surface area contributed by atoms with E-state index in [0.717, 1.165) is 12.1 Å². The number of rotatable bonds is 3. The van der Waals surface area contributed by atoms with E-state index in [1.165, 1.54) is 0 Å². The molecular formula is C14H17NO4. The lowest BCUT2D eigenvalue weighted by Crippen LogP contribution is -2.38. The Morgan fingerprint density at radius 2 is 2.37 bits per heavy atom. The van der Waals surface area contributed by atoms with E-state index < -0.39 is 11.4 Å². The van der Waals surface area contributed by atoms with Gasteiger partial charge in [0.1, 0.15) is 11.2 Å². The number of aromatic hydroxyl groups is 1. The van der Waals surface area contributed by atoms with Gasteiger partial charge in [-0.2, -0.15) is 0 Å². The summed E-state index contributed by atoms with van der Waals surface area (Å²) in [6.07, 6.45) is 0. The number of carboxylic acids is 1. The zero-order valence-corrected chi connectivity index (χ0v) is 10.6. The van der Waals surface area contributed by atoms with Gasteiger partial charge in [-0.3, -0.25) is 9.69 Å². The average Bonchev–Trinajstić information content (AvgIpc) is 2.86. The van der Waals surface area contributed by atoms with Crippen LogP contribution in [0.25, 0.3) is 0 Å². The topological polar surface area (TPSA) is 70.0 Å². The fourth-order valence-electron chi connectivity index (χ4n) is 3.18. The van der Waals surface area contributed by atoms with Crippen molar-refractivity contribution in [3.05, 3.63) is 29.8 Å². The third-order valence-electron chi connectivity index (χ3n) is 4.19. The van der Waals surface area contributed by atoms with Crippen molar-refractivity contribution < 1.29 is 19.7 Å². The first-order chi connectivity index (χ1) is 9.10. The Kier molecular flexibility index (Phi) is 2.95. The fourth-order valence-corrected chi connectivity index (χ4v) is 3.18. The van der Waals surface area contributed by atoms with Crippen LogP contribution in [0.4, 0.5) is 0 Å². The van der Waals surface area contributed by atoms with Crippen LogP contribution in [0.1, 0.15) is 5.56 Å². The molecule has 0 aromatic heterocycles. The van der Waals surface area contributed by atoms with Gasteiger partial charge < -0.3 is 14.9 Å². The number of phenols is 1. The molecule has 2 heterocycles. The molecule has 0 bridgehead atoms. The maximum atomic E-state index is 11.5. The molecule has 2 fully saturated rings. The highest BCUT2D eigenvalue weighted by Gasteiger charge is 2.55. The molecule has 3 rings (SSSR count). The van der Waals surface area contributed by atoms with E-state index >= 15 is 0 Å². The van der Waals surface area contributed by atoms with Crippen LogP contribution < -0.4 is 0 Å². The zero-order valence-electron chi connectivity index (χ0n) is 10.6. The van der Waals surface area contributed by atoms with E-state index in [4.69, 9.17) is 4.74 Å². The number of ether oxygens (including phenoxy) is 1. The Hall–Kier alpha value is -1.59. The summed E-state index contributed by atoms with van der Waals surface area (Å²) in [5.74, 6) is -0.441. The van der Waals surface area contributed by atoms with Crippen molar-refractivity contribution in [1.29, 1.82) is 0 Å². The Morgan fingerprint density at radius 1 is 1.53 bits per heavy atom. The highest BCUT2D eigenvalue weighted by atomic mass is 16.5. The van der Waals surface area contributed by atoms with Gasteiger partial charge in [0.2, 0.25) is 0 Å². The first-order valence-electron chi connectivity index (χ1n) is 6.41. The second kappa shape index (κ2) is 4.51. The Morgan fingerprint density at radius 3 is 3.05 bits per heavy atom. The molecular weight excluding hydrogens is 246 g/mol. The third kappa shape index (κ3) is 2.09. The molecule has 0 spiro atoms. The fraction of sp³-hybridized carbons (Fsp3) is 0.500. The van der Waals surface area contributed by atoms with Crippen LogP contribution in [0, 0.1) is 11.3 Å². The summed E-state index contributed by atoms with van der Waals surface area (Å²) in [4.78, 5) is 13.6. The lowest BCUT2D eigenvalue weighted by molar-refractivity contribution is -0.149. The molecule has 0 radical (unpaired) electrons.